The number of anilines is 1. The smallest absolute Gasteiger partial charge is 0.268 e. The Morgan fingerprint density at radius 2 is 2.08 bits per heavy atom. The van der Waals surface area contributed by atoms with Gasteiger partial charge in [0.15, 0.2) is 0 Å². The number of carbonyl (C=O) groups is 1. The number of methoxy groups -OCH3 is 1. The third-order valence-electron chi connectivity index (χ3n) is 3.57. The molecule has 0 aromatic heterocycles. The number of nitrogens with zero attached hydrogens (tertiary/aromatic N) is 1. The van der Waals surface area contributed by atoms with Gasteiger partial charge in [0.25, 0.3) is 5.91 Å². The molecule has 1 amide bonds. The van der Waals surface area contributed by atoms with Gasteiger partial charge < -0.3 is 14.9 Å². The number of hydrogen-bond acceptors (Lipinski definition) is 4. The fraction of sp³-hybridized carbons (Fsp3) is 0.176. The summed E-state index contributed by atoms with van der Waals surface area (Å²) in [5, 5.41) is 7.80. The molecular formula is C17H14Cl2N2O3. The highest BCUT2D eigenvalue weighted by Crippen LogP contribution is 2.29. The van der Waals surface area contributed by atoms with Crippen molar-refractivity contribution in [3.8, 4) is 5.75 Å². The number of amides is 1. The molecule has 3 rings (SSSR count). The minimum Gasteiger partial charge on any atom is -0.495 e. The largest absolute Gasteiger partial charge is 0.495 e. The predicted molar refractivity (Wildman–Crippen MR) is 94.1 cm³/mol. The lowest BCUT2D eigenvalue weighted by molar-refractivity contribution is -0.125. The lowest BCUT2D eigenvalue weighted by Gasteiger charge is -2.13. The summed E-state index contributed by atoms with van der Waals surface area (Å²) in [7, 11) is 1.52. The van der Waals surface area contributed by atoms with Crippen LogP contribution in [0.15, 0.2) is 47.6 Å². The van der Waals surface area contributed by atoms with E-state index in [2.05, 4.69) is 10.5 Å². The monoisotopic (exact) mass is 364 g/mol. The van der Waals surface area contributed by atoms with Crippen LogP contribution in [0.3, 0.4) is 0 Å². The van der Waals surface area contributed by atoms with Gasteiger partial charge in [-0.25, -0.2) is 0 Å². The SMILES string of the molecule is COc1ccc(Cl)cc1NC(=O)[C@H]1CC(c2ccccc2Cl)=NO1. The molecular weight excluding hydrogens is 351 g/mol. The highest BCUT2D eigenvalue weighted by atomic mass is 35.5. The van der Waals surface area contributed by atoms with Crippen LogP contribution in [0.4, 0.5) is 5.69 Å². The number of nitrogens with one attached hydrogen (secondary N) is 1. The number of rotatable bonds is 4. The van der Waals surface area contributed by atoms with E-state index >= 15 is 0 Å². The van der Waals surface area contributed by atoms with E-state index in [0.29, 0.717) is 33.6 Å². The summed E-state index contributed by atoms with van der Waals surface area (Å²) in [5.74, 6) is 0.180. The van der Waals surface area contributed by atoms with E-state index in [-0.39, 0.29) is 5.91 Å². The molecule has 0 spiro atoms. The third-order valence-corrected chi connectivity index (χ3v) is 4.13. The fourth-order valence-electron chi connectivity index (χ4n) is 2.36. The maximum atomic E-state index is 12.4. The minimum atomic E-state index is -0.736. The molecule has 7 heteroatoms. The number of halogens is 2. The van der Waals surface area contributed by atoms with Crippen LogP contribution < -0.4 is 10.1 Å². The van der Waals surface area contributed by atoms with E-state index in [4.69, 9.17) is 32.8 Å². The van der Waals surface area contributed by atoms with Crippen molar-refractivity contribution in [3.05, 3.63) is 58.1 Å². The Morgan fingerprint density at radius 3 is 2.83 bits per heavy atom. The summed E-state index contributed by atoms with van der Waals surface area (Å²) >= 11 is 12.1. The van der Waals surface area contributed by atoms with E-state index in [1.165, 1.54) is 7.11 Å². The molecule has 1 heterocycles. The number of benzene rings is 2. The topological polar surface area (TPSA) is 59.9 Å². The van der Waals surface area contributed by atoms with Crippen molar-refractivity contribution in [2.24, 2.45) is 5.16 Å². The van der Waals surface area contributed by atoms with E-state index in [9.17, 15) is 4.79 Å². The van der Waals surface area contributed by atoms with E-state index in [1.807, 2.05) is 18.2 Å². The number of hydrogen-bond donors (Lipinski definition) is 1. The maximum Gasteiger partial charge on any atom is 0.268 e. The molecule has 1 aliphatic rings. The summed E-state index contributed by atoms with van der Waals surface area (Å²) in [5.41, 5.74) is 1.87. The molecule has 124 valence electrons. The Kier molecular flexibility index (Phi) is 4.92. The molecule has 2 aromatic rings. The van der Waals surface area contributed by atoms with Crippen LogP contribution in [-0.2, 0) is 9.63 Å². The molecule has 0 saturated carbocycles. The summed E-state index contributed by atoms with van der Waals surface area (Å²) in [6.07, 6.45) is -0.404. The van der Waals surface area contributed by atoms with Gasteiger partial charge in [0.05, 0.1) is 18.5 Å². The molecule has 2 aromatic carbocycles. The van der Waals surface area contributed by atoms with Gasteiger partial charge in [0.1, 0.15) is 5.75 Å². The molecule has 0 unspecified atom stereocenters. The Balaban J connectivity index is 1.70. The zero-order valence-electron chi connectivity index (χ0n) is 12.8. The van der Waals surface area contributed by atoms with Crippen molar-refractivity contribution >= 4 is 40.5 Å². The van der Waals surface area contributed by atoms with Crippen molar-refractivity contribution in [2.45, 2.75) is 12.5 Å². The second-order valence-electron chi connectivity index (χ2n) is 5.15. The van der Waals surface area contributed by atoms with Gasteiger partial charge >= 0.3 is 0 Å². The number of ether oxygens (including phenoxy) is 1. The summed E-state index contributed by atoms with van der Waals surface area (Å²) in [6, 6.07) is 12.3. The van der Waals surface area contributed by atoms with Gasteiger partial charge in [0.2, 0.25) is 6.10 Å². The maximum absolute atomic E-state index is 12.4. The molecule has 5 nitrogen and oxygen atoms in total. The molecule has 0 fully saturated rings. The Bertz CT molecular complexity index is 808. The van der Waals surface area contributed by atoms with Gasteiger partial charge in [-0.05, 0) is 24.3 Å². The summed E-state index contributed by atoms with van der Waals surface area (Å²) in [4.78, 5) is 17.7. The lowest BCUT2D eigenvalue weighted by Crippen LogP contribution is -2.28. The normalized spacial score (nSPS) is 16.3. The first-order valence-corrected chi connectivity index (χ1v) is 7.96. The molecule has 0 radical (unpaired) electrons. The van der Waals surface area contributed by atoms with Gasteiger partial charge in [0, 0.05) is 22.0 Å². The quantitative estimate of drug-likeness (QED) is 0.886. The number of oxime groups is 1. The summed E-state index contributed by atoms with van der Waals surface area (Å²) < 4.78 is 5.21. The van der Waals surface area contributed by atoms with Crippen LogP contribution in [0.2, 0.25) is 10.0 Å². The van der Waals surface area contributed by atoms with Gasteiger partial charge in [-0.1, -0.05) is 46.6 Å². The molecule has 0 bridgehead atoms. The lowest BCUT2D eigenvalue weighted by atomic mass is 10.0. The first-order valence-electron chi connectivity index (χ1n) is 7.20. The van der Waals surface area contributed by atoms with Crippen LogP contribution in [0.1, 0.15) is 12.0 Å². The predicted octanol–water partition coefficient (Wildman–Crippen LogP) is 4.13. The molecule has 24 heavy (non-hydrogen) atoms. The fourth-order valence-corrected chi connectivity index (χ4v) is 2.78. The molecule has 1 N–H and O–H groups in total. The molecule has 1 aliphatic heterocycles. The van der Waals surface area contributed by atoms with Crippen molar-refractivity contribution in [2.75, 3.05) is 12.4 Å². The average Bonchev–Trinajstić information content (AvgIpc) is 3.05. The first-order chi connectivity index (χ1) is 11.6. The van der Waals surface area contributed by atoms with Gasteiger partial charge in [-0.3, -0.25) is 4.79 Å². The van der Waals surface area contributed by atoms with Crippen LogP contribution in [0, 0.1) is 0 Å². The second kappa shape index (κ2) is 7.11. The average molecular weight is 365 g/mol. The van der Waals surface area contributed by atoms with Gasteiger partial charge in [-0.2, -0.15) is 0 Å². The van der Waals surface area contributed by atoms with E-state index in [0.717, 1.165) is 5.56 Å². The zero-order valence-corrected chi connectivity index (χ0v) is 14.3. The first kappa shape index (κ1) is 16.6. The number of carbonyl (C=O) groups excluding carboxylic acids is 1. The van der Waals surface area contributed by atoms with Crippen LogP contribution in [0.25, 0.3) is 0 Å². The zero-order chi connectivity index (χ0) is 17.1. The van der Waals surface area contributed by atoms with Crippen molar-refractivity contribution in [1.82, 2.24) is 0 Å². The van der Waals surface area contributed by atoms with Crippen LogP contribution >= 0.6 is 23.2 Å². The molecule has 1 atom stereocenters. The molecule has 0 aliphatic carbocycles. The second-order valence-corrected chi connectivity index (χ2v) is 5.99. The van der Waals surface area contributed by atoms with Crippen molar-refractivity contribution < 1.29 is 14.4 Å². The summed E-state index contributed by atoms with van der Waals surface area (Å²) in [6.45, 7) is 0. The standard InChI is InChI=1S/C17H14Cl2N2O3/c1-23-15-7-6-10(18)8-14(15)20-17(22)16-9-13(21-24-16)11-4-2-3-5-12(11)19/h2-8,16H,9H2,1H3,(H,20,22)/t16-/m1/s1. The van der Waals surface area contributed by atoms with Crippen LogP contribution in [-0.4, -0.2) is 24.8 Å². The highest BCUT2D eigenvalue weighted by molar-refractivity contribution is 6.34. The minimum absolute atomic E-state index is 0.332. The van der Waals surface area contributed by atoms with E-state index in [1.54, 1.807) is 24.3 Å². The van der Waals surface area contributed by atoms with Crippen molar-refractivity contribution in [3.63, 3.8) is 0 Å². The Morgan fingerprint density at radius 1 is 1.29 bits per heavy atom. The van der Waals surface area contributed by atoms with E-state index < -0.39 is 6.10 Å². The third kappa shape index (κ3) is 3.47. The Labute approximate surface area is 149 Å². The van der Waals surface area contributed by atoms with Crippen LogP contribution in [0.5, 0.6) is 5.75 Å². The Hall–Kier alpha value is -2.24. The van der Waals surface area contributed by atoms with Gasteiger partial charge in [-0.15, -0.1) is 0 Å². The molecule has 0 saturated heterocycles. The highest BCUT2D eigenvalue weighted by Gasteiger charge is 2.30. The van der Waals surface area contributed by atoms with Crippen molar-refractivity contribution in [1.29, 1.82) is 0 Å².